The van der Waals surface area contributed by atoms with Crippen LogP contribution in [0.3, 0.4) is 0 Å². The highest BCUT2D eigenvalue weighted by molar-refractivity contribution is 5.49. The Labute approximate surface area is 158 Å². The number of phenolic OH excluding ortho intramolecular Hbond substituents is 2. The van der Waals surface area contributed by atoms with Crippen molar-refractivity contribution in [2.75, 3.05) is 0 Å². The lowest BCUT2D eigenvalue weighted by Gasteiger charge is -2.24. The second-order valence-electron chi connectivity index (χ2n) is 9.09. The van der Waals surface area contributed by atoms with E-state index in [0.717, 1.165) is 34.2 Å². The lowest BCUT2D eigenvalue weighted by Crippen LogP contribution is -2.13. The smallest absolute Gasteiger partial charge is 0.127 e. The van der Waals surface area contributed by atoms with Gasteiger partial charge in [-0.05, 0) is 52.0 Å². The zero-order chi connectivity index (χ0) is 19.7. The monoisotopic (exact) mass is 351 g/mol. The van der Waals surface area contributed by atoms with Crippen molar-refractivity contribution in [3.63, 3.8) is 0 Å². The fraction of sp³-hybridized carbons (Fsp3) is 0.417. The van der Waals surface area contributed by atoms with Crippen LogP contribution < -0.4 is 0 Å². The van der Waals surface area contributed by atoms with Crippen LogP contribution >= 0.6 is 0 Å². The summed E-state index contributed by atoms with van der Waals surface area (Å²) in [7, 11) is 0. The Kier molecular flexibility index (Phi) is 5.55. The number of allylic oxidation sites excluding steroid dienone is 1. The van der Waals surface area contributed by atoms with Gasteiger partial charge in [0, 0.05) is 11.6 Å². The van der Waals surface area contributed by atoms with Crippen LogP contribution in [0.25, 0.3) is 0 Å². The first kappa shape index (κ1) is 20.1. The van der Waals surface area contributed by atoms with Crippen molar-refractivity contribution < 1.29 is 10.2 Å². The van der Waals surface area contributed by atoms with Gasteiger partial charge >= 0.3 is 0 Å². The highest BCUT2D eigenvalue weighted by Crippen LogP contribution is 2.36. The number of rotatable bonds is 4. The third-order valence-corrected chi connectivity index (χ3v) is 4.62. The topological polar surface area (TPSA) is 40.5 Å². The SMILES string of the molecule is C=CCc1cc(Cc2c[c]c(O)c(C(C)(C)C)c2)cc(C(C)(C)C)c1O. The highest BCUT2D eigenvalue weighted by atomic mass is 16.3. The van der Waals surface area contributed by atoms with Crippen LogP contribution in [0.2, 0.25) is 0 Å². The quantitative estimate of drug-likeness (QED) is 0.682. The standard InChI is InChI=1S/C24H31O2/c1-8-9-18-13-17(15-20(22(18)26)24(5,6)7)12-16-10-11-21(25)19(14-16)23(2,3)4/h8,10,13-15,25-26H,1,9,12H2,2-7H3. The van der Waals surface area contributed by atoms with Crippen molar-refractivity contribution in [1.82, 2.24) is 0 Å². The molecule has 2 nitrogen and oxygen atoms in total. The van der Waals surface area contributed by atoms with Crippen LogP contribution in [0.4, 0.5) is 0 Å². The average molecular weight is 352 g/mol. The van der Waals surface area contributed by atoms with E-state index < -0.39 is 0 Å². The van der Waals surface area contributed by atoms with E-state index in [0.29, 0.717) is 12.2 Å². The molecule has 0 saturated heterocycles. The van der Waals surface area contributed by atoms with Gasteiger partial charge in [0.05, 0.1) is 0 Å². The molecule has 26 heavy (non-hydrogen) atoms. The Morgan fingerprint density at radius 2 is 1.50 bits per heavy atom. The summed E-state index contributed by atoms with van der Waals surface area (Å²) in [6.45, 7) is 16.4. The minimum atomic E-state index is -0.145. The first-order chi connectivity index (χ1) is 11.9. The second kappa shape index (κ2) is 7.19. The van der Waals surface area contributed by atoms with E-state index in [1.807, 2.05) is 12.1 Å². The minimum absolute atomic E-state index is 0.143. The molecule has 1 radical (unpaired) electrons. The molecule has 2 rings (SSSR count). The van der Waals surface area contributed by atoms with Gasteiger partial charge in [-0.1, -0.05) is 65.8 Å². The molecule has 0 aliphatic rings. The third-order valence-electron chi connectivity index (χ3n) is 4.62. The first-order valence-electron chi connectivity index (χ1n) is 9.13. The van der Waals surface area contributed by atoms with Gasteiger partial charge in [-0.25, -0.2) is 0 Å². The molecule has 139 valence electrons. The first-order valence-corrected chi connectivity index (χ1v) is 9.13. The van der Waals surface area contributed by atoms with Crippen molar-refractivity contribution in [1.29, 1.82) is 0 Å². The molecule has 2 aromatic rings. The molecule has 0 saturated carbocycles. The van der Waals surface area contributed by atoms with Crippen molar-refractivity contribution in [3.05, 3.63) is 70.8 Å². The summed E-state index contributed by atoms with van der Waals surface area (Å²) in [5.41, 5.74) is 4.71. The summed E-state index contributed by atoms with van der Waals surface area (Å²) in [4.78, 5) is 0. The minimum Gasteiger partial charge on any atom is -0.507 e. The van der Waals surface area contributed by atoms with E-state index in [9.17, 15) is 10.2 Å². The number of hydrogen-bond acceptors (Lipinski definition) is 2. The highest BCUT2D eigenvalue weighted by Gasteiger charge is 2.22. The van der Waals surface area contributed by atoms with Gasteiger partial charge in [0.25, 0.3) is 0 Å². The van der Waals surface area contributed by atoms with E-state index in [-0.39, 0.29) is 16.6 Å². The fourth-order valence-electron chi connectivity index (χ4n) is 3.19. The molecule has 0 aliphatic heterocycles. The van der Waals surface area contributed by atoms with Gasteiger partial charge in [0.1, 0.15) is 11.5 Å². The molecule has 2 N–H and O–H groups in total. The van der Waals surface area contributed by atoms with Gasteiger partial charge in [0.2, 0.25) is 0 Å². The maximum atomic E-state index is 10.6. The molecule has 0 spiro atoms. The maximum absolute atomic E-state index is 10.6. The van der Waals surface area contributed by atoms with Crippen LogP contribution in [0, 0.1) is 6.07 Å². The van der Waals surface area contributed by atoms with Crippen LogP contribution in [0.5, 0.6) is 11.5 Å². The summed E-state index contributed by atoms with van der Waals surface area (Å²) in [5, 5.41) is 20.8. The summed E-state index contributed by atoms with van der Waals surface area (Å²) in [6, 6.07) is 11.0. The van der Waals surface area contributed by atoms with E-state index in [1.165, 1.54) is 0 Å². The Balaban J connectivity index is 2.50. The molecule has 2 heteroatoms. The number of benzene rings is 2. The average Bonchev–Trinajstić information content (AvgIpc) is 2.50. The normalized spacial score (nSPS) is 12.2. The van der Waals surface area contributed by atoms with Gasteiger partial charge in [0.15, 0.2) is 0 Å². The van der Waals surface area contributed by atoms with E-state index in [1.54, 1.807) is 0 Å². The molecule has 0 heterocycles. The summed E-state index contributed by atoms with van der Waals surface area (Å²) >= 11 is 0. The van der Waals surface area contributed by atoms with Crippen molar-refractivity contribution >= 4 is 0 Å². The molecule has 0 aromatic heterocycles. The molecule has 0 unspecified atom stereocenters. The lowest BCUT2D eigenvalue weighted by molar-refractivity contribution is 0.441. The van der Waals surface area contributed by atoms with E-state index in [4.69, 9.17) is 0 Å². The van der Waals surface area contributed by atoms with Crippen molar-refractivity contribution in [2.45, 2.75) is 65.2 Å². The van der Waals surface area contributed by atoms with Crippen LogP contribution in [0.1, 0.15) is 69.4 Å². The van der Waals surface area contributed by atoms with Gasteiger partial charge in [-0.2, -0.15) is 0 Å². The van der Waals surface area contributed by atoms with Crippen LogP contribution in [-0.2, 0) is 23.7 Å². The van der Waals surface area contributed by atoms with E-state index in [2.05, 4.69) is 72.4 Å². The predicted octanol–water partition coefficient (Wildman–Crippen LogP) is 5.81. The molecular weight excluding hydrogens is 320 g/mol. The molecule has 0 amide bonds. The number of hydrogen-bond donors (Lipinski definition) is 2. The summed E-state index contributed by atoms with van der Waals surface area (Å²) in [6.07, 6.45) is 3.18. The zero-order valence-electron chi connectivity index (χ0n) is 16.9. The Morgan fingerprint density at radius 3 is 2.04 bits per heavy atom. The van der Waals surface area contributed by atoms with Crippen LogP contribution in [-0.4, -0.2) is 10.2 Å². The molecule has 0 atom stereocenters. The Bertz CT molecular complexity index is 802. The number of phenols is 2. The lowest BCUT2D eigenvalue weighted by atomic mass is 9.82. The maximum Gasteiger partial charge on any atom is 0.127 e. The van der Waals surface area contributed by atoms with Crippen molar-refractivity contribution in [2.24, 2.45) is 0 Å². The predicted molar refractivity (Wildman–Crippen MR) is 109 cm³/mol. The van der Waals surface area contributed by atoms with Gasteiger partial charge < -0.3 is 10.2 Å². The van der Waals surface area contributed by atoms with Gasteiger partial charge in [-0.15, -0.1) is 6.58 Å². The molecular formula is C24H31O2. The third kappa shape index (κ3) is 4.49. The molecule has 2 aromatic carbocycles. The number of aromatic hydroxyl groups is 2. The Morgan fingerprint density at radius 1 is 0.923 bits per heavy atom. The molecule has 0 aliphatic carbocycles. The summed E-state index contributed by atoms with van der Waals surface area (Å²) in [5.74, 6) is 0.587. The van der Waals surface area contributed by atoms with E-state index >= 15 is 0 Å². The summed E-state index contributed by atoms with van der Waals surface area (Å²) < 4.78 is 0. The van der Waals surface area contributed by atoms with Crippen LogP contribution in [0.15, 0.2) is 36.9 Å². The van der Waals surface area contributed by atoms with Gasteiger partial charge in [-0.3, -0.25) is 0 Å². The second-order valence-corrected chi connectivity index (χ2v) is 9.09. The molecule has 0 bridgehead atoms. The molecule has 0 fully saturated rings. The van der Waals surface area contributed by atoms with Crippen molar-refractivity contribution in [3.8, 4) is 11.5 Å². The Hall–Kier alpha value is -2.22. The zero-order valence-corrected chi connectivity index (χ0v) is 16.9. The largest absolute Gasteiger partial charge is 0.507 e. The fourth-order valence-corrected chi connectivity index (χ4v) is 3.19.